The van der Waals surface area contributed by atoms with E-state index < -0.39 is 5.97 Å². The first kappa shape index (κ1) is 15.2. The van der Waals surface area contributed by atoms with E-state index in [0.717, 1.165) is 5.01 Å². The zero-order chi connectivity index (χ0) is 15.4. The lowest BCUT2D eigenvalue weighted by atomic mass is 10.2. The van der Waals surface area contributed by atoms with Gasteiger partial charge in [-0.25, -0.2) is 14.8 Å². The summed E-state index contributed by atoms with van der Waals surface area (Å²) in [7, 11) is 0. The first-order valence-corrected chi connectivity index (χ1v) is 7.36. The van der Waals surface area contributed by atoms with Crippen LogP contribution in [0, 0.1) is 0 Å². The van der Waals surface area contributed by atoms with Crippen LogP contribution in [0.5, 0.6) is 0 Å². The highest BCUT2D eigenvalue weighted by atomic mass is 32.1. The molecule has 2 aromatic rings. The Balaban J connectivity index is 1.96. The van der Waals surface area contributed by atoms with Crippen LogP contribution in [0.2, 0.25) is 0 Å². The number of hydrogen-bond donors (Lipinski definition) is 3. The lowest BCUT2D eigenvalue weighted by molar-refractivity contribution is 0.0691. The van der Waals surface area contributed by atoms with Gasteiger partial charge in [0.05, 0.1) is 5.01 Å². The smallest absolute Gasteiger partial charge is 0.355 e. The normalized spacial score (nSPS) is 10.8. The Hall–Kier alpha value is -2.22. The molecule has 0 aromatic carbocycles. The molecule has 3 N–H and O–H groups in total. The van der Waals surface area contributed by atoms with E-state index in [1.165, 1.54) is 22.8 Å². The minimum absolute atomic E-state index is 0.0615. The molecule has 7 nitrogen and oxygen atoms in total. The average molecular weight is 308 g/mol. The molecule has 2 rings (SSSR count). The van der Waals surface area contributed by atoms with Crippen LogP contribution >= 0.6 is 11.3 Å². The van der Waals surface area contributed by atoms with E-state index in [1.54, 1.807) is 0 Å². The van der Waals surface area contributed by atoms with Crippen LogP contribution in [0.25, 0.3) is 0 Å². The van der Waals surface area contributed by atoms with Gasteiger partial charge in [-0.2, -0.15) is 0 Å². The first-order valence-electron chi connectivity index (χ1n) is 6.48. The molecule has 0 saturated heterocycles. The lowest BCUT2D eigenvalue weighted by Crippen LogP contribution is -2.15. The Kier molecular flexibility index (Phi) is 4.69. The molecule has 0 aliphatic rings. The molecule has 112 valence electrons. The van der Waals surface area contributed by atoms with Gasteiger partial charge >= 0.3 is 5.97 Å². The minimum atomic E-state index is -1.02. The molecule has 0 unspecified atom stereocenters. The number of aromatic carboxylic acids is 1. The fourth-order valence-electron chi connectivity index (χ4n) is 1.66. The fraction of sp³-hybridized carbons (Fsp3) is 0.385. The second-order valence-corrected chi connectivity index (χ2v) is 5.72. The highest BCUT2D eigenvalue weighted by Crippen LogP contribution is 2.12. The van der Waals surface area contributed by atoms with Gasteiger partial charge in [0.25, 0.3) is 5.56 Å². The Morgan fingerprint density at radius 3 is 2.86 bits per heavy atom. The summed E-state index contributed by atoms with van der Waals surface area (Å²) in [6.45, 7) is 4.43. The van der Waals surface area contributed by atoms with Crippen LogP contribution in [0.4, 0.5) is 5.82 Å². The Labute approximate surface area is 125 Å². The molecular weight excluding hydrogens is 292 g/mol. The van der Waals surface area contributed by atoms with Crippen molar-refractivity contribution in [1.82, 2.24) is 15.0 Å². The Morgan fingerprint density at radius 1 is 1.48 bits per heavy atom. The van der Waals surface area contributed by atoms with Crippen molar-refractivity contribution in [2.24, 2.45) is 0 Å². The SMILES string of the molecule is CC(C)c1nc(NCCc2nc(C(=O)O)cs2)cc(=O)[nH]1. The molecule has 0 fully saturated rings. The van der Waals surface area contributed by atoms with Crippen molar-refractivity contribution in [2.75, 3.05) is 11.9 Å². The molecule has 0 saturated carbocycles. The maximum absolute atomic E-state index is 11.5. The number of aromatic nitrogens is 3. The molecule has 21 heavy (non-hydrogen) atoms. The average Bonchev–Trinajstić information content (AvgIpc) is 2.87. The maximum atomic E-state index is 11.5. The number of carboxylic acid groups (broad SMARTS) is 1. The zero-order valence-corrected chi connectivity index (χ0v) is 12.5. The maximum Gasteiger partial charge on any atom is 0.355 e. The number of carbonyl (C=O) groups is 1. The number of hydrogen-bond acceptors (Lipinski definition) is 6. The van der Waals surface area contributed by atoms with Gasteiger partial charge in [-0.1, -0.05) is 13.8 Å². The topological polar surface area (TPSA) is 108 Å². The van der Waals surface area contributed by atoms with Crippen molar-refractivity contribution in [3.63, 3.8) is 0 Å². The summed E-state index contributed by atoms with van der Waals surface area (Å²) in [5.41, 5.74) is -0.134. The number of aromatic amines is 1. The molecule has 0 atom stereocenters. The van der Waals surface area contributed by atoms with E-state index in [9.17, 15) is 9.59 Å². The number of H-pyrrole nitrogens is 1. The van der Waals surface area contributed by atoms with Gasteiger partial charge in [-0.15, -0.1) is 11.3 Å². The number of rotatable bonds is 6. The summed E-state index contributed by atoms with van der Waals surface area (Å²) >= 11 is 1.30. The van der Waals surface area contributed by atoms with Gasteiger partial charge < -0.3 is 15.4 Å². The van der Waals surface area contributed by atoms with Crippen molar-refractivity contribution in [3.8, 4) is 0 Å². The van der Waals surface area contributed by atoms with Crippen LogP contribution in [-0.4, -0.2) is 32.6 Å². The third kappa shape index (κ3) is 4.12. The minimum Gasteiger partial charge on any atom is -0.476 e. The summed E-state index contributed by atoms with van der Waals surface area (Å²) in [6, 6.07) is 1.40. The summed E-state index contributed by atoms with van der Waals surface area (Å²) < 4.78 is 0. The van der Waals surface area contributed by atoms with Crippen LogP contribution in [0.3, 0.4) is 0 Å². The summed E-state index contributed by atoms with van der Waals surface area (Å²) in [4.78, 5) is 33.2. The predicted octanol–water partition coefficient (Wildman–Crippen LogP) is 1.70. The standard InChI is InChI=1S/C13H16N4O3S/c1-7(2)12-16-9(5-10(18)17-12)14-4-3-11-15-8(6-21-11)13(19)20/h5-7H,3-4H2,1-2H3,(H,19,20)(H2,14,16,17,18). The van der Waals surface area contributed by atoms with Crippen LogP contribution in [0.15, 0.2) is 16.2 Å². The first-order chi connectivity index (χ1) is 9.95. The van der Waals surface area contributed by atoms with E-state index in [4.69, 9.17) is 5.11 Å². The van der Waals surface area contributed by atoms with Crippen molar-refractivity contribution in [2.45, 2.75) is 26.2 Å². The highest BCUT2D eigenvalue weighted by molar-refractivity contribution is 7.09. The summed E-state index contributed by atoms with van der Waals surface area (Å²) in [6.07, 6.45) is 0.573. The molecule has 8 heteroatoms. The van der Waals surface area contributed by atoms with Gasteiger partial charge in [-0.3, -0.25) is 4.79 Å². The molecule has 2 aromatic heterocycles. The second kappa shape index (κ2) is 6.49. The quantitative estimate of drug-likeness (QED) is 0.749. The molecule has 0 amide bonds. The molecular formula is C13H16N4O3S. The molecule has 0 aliphatic heterocycles. The van der Waals surface area contributed by atoms with E-state index in [0.29, 0.717) is 24.6 Å². The lowest BCUT2D eigenvalue weighted by Gasteiger charge is -2.08. The van der Waals surface area contributed by atoms with Crippen LogP contribution in [-0.2, 0) is 6.42 Å². The van der Waals surface area contributed by atoms with Crippen molar-refractivity contribution in [1.29, 1.82) is 0 Å². The van der Waals surface area contributed by atoms with E-state index >= 15 is 0 Å². The monoisotopic (exact) mass is 308 g/mol. The fourth-order valence-corrected chi connectivity index (χ4v) is 2.43. The molecule has 0 aliphatic carbocycles. The molecule has 0 spiro atoms. The predicted molar refractivity (Wildman–Crippen MR) is 80.2 cm³/mol. The van der Waals surface area contributed by atoms with E-state index in [2.05, 4.69) is 20.3 Å². The Bertz CT molecular complexity index is 693. The number of nitrogens with zero attached hydrogens (tertiary/aromatic N) is 2. The van der Waals surface area contributed by atoms with Crippen molar-refractivity contribution >= 4 is 23.1 Å². The summed E-state index contributed by atoms with van der Waals surface area (Å²) in [5, 5.41) is 14.1. The van der Waals surface area contributed by atoms with Gasteiger partial charge in [0, 0.05) is 30.3 Å². The number of nitrogens with one attached hydrogen (secondary N) is 2. The van der Waals surface area contributed by atoms with E-state index in [1.807, 2.05) is 13.8 Å². The second-order valence-electron chi connectivity index (χ2n) is 4.78. The zero-order valence-electron chi connectivity index (χ0n) is 11.7. The highest BCUT2D eigenvalue weighted by Gasteiger charge is 2.09. The number of carboxylic acids is 1. The molecule has 0 bridgehead atoms. The van der Waals surface area contributed by atoms with Gasteiger partial charge in [0.15, 0.2) is 5.69 Å². The third-order valence-electron chi connectivity index (χ3n) is 2.72. The molecule has 2 heterocycles. The van der Waals surface area contributed by atoms with Crippen molar-refractivity contribution in [3.05, 3.63) is 38.3 Å². The molecule has 0 radical (unpaired) electrons. The van der Waals surface area contributed by atoms with Crippen LogP contribution in [0.1, 0.15) is 41.1 Å². The summed E-state index contributed by atoms with van der Waals surface area (Å²) in [5.74, 6) is 0.254. The largest absolute Gasteiger partial charge is 0.476 e. The number of anilines is 1. The van der Waals surface area contributed by atoms with Crippen molar-refractivity contribution < 1.29 is 9.90 Å². The Morgan fingerprint density at radius 2 is 2.24 bits per heavy atom. The van der Waals surface area contributed by atoms with E-state index in [-0.39, 0.29) is 17.2 Å². The number of thiazole rings is 1. The van der Waals surface area contributed by atoms with Gasteiger partial charge in [0.1, 0.15) is 11.6 Å². The van der Waals surface area contributed by atoms with Gasteiger partial charge in [-0.05, 0) is 0 Å². The third-order valence-corrected chi connectivity index (χ3v) is 3.63. The van der Waals surface area contributed by atoms with Gasteiger partial charge in [0.2, 0.25) is 0 Å². The van der Waals surface area contributed by atoms with Crippen LogP contribution < -0.4 is 10.9 Å².